The van der Waals surface area contributed by atoms with E-state index in [-0.39, 0.29) is 0 Å². The van der Waals surface area contributed by atoms with Gasteiger partial charge in [0.2, 0.25) is 0 Å². The lowest BCUT2D eigenvalue weighted by atomic mass is 10.1. The summed E-state index contributed by atoms with van der Waals surface area (Å²) in [5.74, 6) is 1.36. The normalized spacial score (nSPS) is 10.8. The molecule has 4 nitrogen and oxygen atoms in total. The van der Waals surface area contributed by atoms with Gasteiger partial charge in [-0.3, -0.25) is 0 Å². The van der Waals surface area contributed by atoms with Crippen LogP contribution in [0.25, 0.3) is 0 Å². The van der Waals surface area contributed by atoms with Gasteiger partial charge in [-0.05, 0) is 6.07 Å². The maximum absolute atomic E-state index is 6.09. The number of benzene rings is 1. The molecule has 0 aromatic heterocycles. The van der Waals surface area contributed by atoms with Crippen molar-refractivity contribution in [2.45, 2.75) is 26.4 Å². The van der Waals surface area contributed by atoms with Crippen LogP contribution < -0.4 is 14.8 Å². The Bertz CT molecular complexity index is 397. The van der Waals surface area contributed by atoms with Crippen molar-refractivity contribution in [2.24, 2.45) is 0 Å². The summed E-state index contributed by atoms with van der Waals surface area (Å²) < 4.78 is 16.1. The molecular formula is C14H22ClNO3. The molecule has 1 aromatic carbocycles. The van der Waals surface area contributed by atoms with E-state index >= 15 is 0 Å². The van der Waals surface area contributed by atoms with Crippen LogP contribution in [0.15, 0.2) is 12.1 Å². The summed E-state index contributed by atoms with van der Waals surface area (Å²) >= 11 is 6.09. The van der Waals surface area contributed by atoms with Gasteiger partial charge in [0, 0.05) is 36.3 Å². The van der Waals surface area contributed by atoms with E-state index in [4.69, 9.17) is 25.8 Å². The molecule has 0 aliphatic heterocycles. The Labute approximate surface area is 120 Å². The van der Waals surface area contributed by atoms with Crippen LogP contribution in [0.1, 0.15) is 19.4 Å². The summed E-state index contributed by atoms with van der Waals surface area (Å²) in [4.78, 5) is 0. The maximum Gasteiger partial charge on any atom is 0.165 e. The predicted octanol–water partition coefficient (Wildman–Crippen LogP) is 2.87. The lowest BCUT2D eigenvalue weighted by Crippen LogP contribution is -2.22. The molecule has 0 radical (unpaired) electrons. The Morgan fingerprint density at radius 3 is 2.53 bits per heavy atom. The molecule has 0 bridgehead atoms. The van der Waals surface area contributed by atoms with Gasteiger partial charge in [0.15, 0.2) is 11.5 Å². The Morgan fingerprint density at radius 2 is 1.95 bits per heavy atom. The maximum atomic E-state index is 6.09. The van der Waals surface area contributed by atoms with E-state index in [2.05, 4.69) is 19.2 Å². The van der Waals surface area contributed by atoms with Crippen molar-refractivity contribution < 1.29 is 14.2 Å². The zero-order valence-corrected chi connectivity index (χ0v) is 12.7. The Morgan fingerprint density at radius 1 is 1.21 bits per heavy atom. The van der Waals surface area contributed by atoms with Crippen molar-refractivity contribution in [1.29, 1.82) is 0 Å². The minimum Gasteiger partial charge on any atom is -0.493 e. The van der Waals surface area contributed by atoms with Crippen molar-refractivity contribution >= 4 is 11.6 Å². The van der Waals surface area contributed by atoms with Crippen LogP contribution in [0.2, 0.25) is 5.02 Å². The van der Waals surface area contributed by atoms with Gasteiger partial charge in [0.25, 0.3) is 0 Å². The van der Waals surface area contributed by atoms with E-state index in [1.54, 1.807) is 20.3 Å². The fourth-order valence-electron chi connectivity index (χ4n) is 1.61. The van der Waals surface area contributed by atoms with Crippen LogP contribution in [0.4, 0.5) is 0 Å². The summed E-state index contributed by atoms with van der Waals surface area (Å²) in [5, 5.41) is 3.98. The predicted molar refractivity (Wildman–Crippen MR) is 77.4 cm³/mol. The average molecular weight is 288 g/mol. The van der Waals surface area contributed by atoms with Crippen LogP contribution in [0.5, 0.6) is 11.5 Å². The van der Waals surface area contributed by atoms with Crippen LogP contribution in [-0.4, -0.2) is 33.5 Å². The van der Waals surface area contributed by atoms with Crippen molar-refractivity contribution in [3.63, 3.8) is 0 Å². The first-order chi connectivity index (χ1) is 9.08. The van der Waals surface area contributed by atoms with Crippen LogP contribution in [0.3, 0.4) is 0 Å². The molecule has 108 valence electrons. The van der Waals surface area contributed by atoms with E-state index in [9.17, 15) is 0 Å². The fourth-order valence-corrected chi connectivity index (χ4v) is 1.84. The van der Waals surface area contributed by atoms with Crippen molar-refractivity contribution in [2.75, 3.05) is 27.4 Å². The van der Waals surface area contributed by atoms with Gasteiger partial charge in [-0.25, -0.2) is 0 Å². The smallest absolute Gasteiger partial charge is 0.165 e. The van der Waals surface area contributed by atoms with Gasteiger partial charge in [-0.15, -0.1) is 0 Å². The molecule has 19 heavy (non-hydrogen) atoms. The average Bonchev–Trinajstić information content (AvgIpc) is 2.37. The highest BCUT2D eigenvalue weighted by Gasteiger charge is 2.13. The number of hydrogen-bond donors (Lipinski definition) is 1. The standard InChI is InChI=1S/C14H22ClNO3/c1-10(2)16-9-11-7-12(15)8-13(18-4)14(11)19-6-5-17-3/h7-8,10,16H,5-6,9H2,1-4H3. The molecule has 0 amide bonds. The van der Waals surface area contributed by atoms with E-state index in [0.29, 0.717) is 36.6 Å². The number of nitrogens with one attached hydrogen (secondary N) is 1. The minimum absolute atomic E-state index is 0.386. The first-order valence-electron chi connectivity index (χ1n) is 6.30. The molecule has 1 aromatic rings. The Balaban J connectivity index is 2.92. The van der Waals surface area contributed by atoms with Crippen molar-refractivity contribution in [3.8, 4) is 11.5 Å². The highest BCUT2D eigenvalue weighted by atomic mass is 35.5. The SMILES string of the molecule is COCCOc1c(CNC(C)C)cc(Cl)cc1OC. The molecule has 0 spiro atoms. The fraction of sp³-hybridized carbons (Fsp3) is 0.571. The highest BCUT2D eigenvalue weighted by molar-refractivity contribution is 6.30. The van der Waals surface area contributed by atoms with Gasteiger partial charge >= 0.3 is 0 Å². The third-order valence-corrected chi connectivity index (χ3v) is 2.77. The second kappa shape index (κ2) is 8.25. The van der Waals surface area contributed by atoms with Gasteiger partial charge < -0.3 is 19.5 Å². The summed E-state index contributed by atoms with van der Waals surface area (Å²) in [6.45, 7) is 5.86. The van der Waals surface area contributed by atoms with Crippen LogP contribution in [0, 0.1) is 0 Å². The first-order valence-corrected chi connectivity index (χ1v) is 6.67. The third kappa shape index (κ3) is 5.27. The summed E-state index contributed by atoms with van der Waals surface area (Å²) in [6, 6.07) is 4.03. The van der Waals surface area contributed by atoms with Gasteiger partial charge in [-0.1, -0.05) is 25.4 Å². The van der Waals surface area contributed by atoms with Crippen molar-refractivity contribution in [3.05, 3.63) is 22.7 Å². The molecule has 0 saturated heterocycles. The summed E-state index contributed by atoms with van der Waals surface area (Å²) in [6.07, 6.45) is 0. The second-order valence-electron chi connectivity index (χ2n) is 4.47. The monoisotopic (exact) mass is 287 g/mol. The zero-order valence-electron chi connectivity index (χ0n) is 12.0. The molecule has 5 heteroatoms. The van der Waals surface area contributed by atoms with E-state index in [1.807, 2.05) is 6.07 Å². The molecule has 0 heterocycles. The molecule has 0 atom stereocenters. The topological polar surface area (TPSA) is 39.7 Å². The molecule has 1 N–H and O–H groups in total. The number of hydrogen-bond acceptors (Lipinski definition) is 4. The molecule has 0 unspecified atom stereocenters. The number of methoxy groups -OCH3 is 2. The van der Waals surface area contributed by atoms with Crippen LogP contribution >= 0.6 is 11.6 Å². The van der Waals surface area contributed by atoms with Crippen LogP contribution in [-0.2, 0) is 11.3 Å². The van der Waals surface area contributed by atoms with E-state index in [0.717, 1.165) is 11.3 Å². The number of rotatable bonds is 8. The van der Waals surface area contributed by atoms with Gasteiger partial charge in [0.05, 0.1) is 13.7 Å². The minimum atomic E-state index is 0.386. The number of halogens is 1. The molecule has 0 fully saturated rings. The van der Waals surface area contributed by atoms with Gasteiger partial charge in [-0.2, -0.15) is 0 Å². The largest absolute Gasteiger partial charge is 0.493 e. The lowest BCUT2D eigenvalue weighted by Gasteiger charge is -2.17. The molecule has 1 rings (SSSR count). The second-order valence-corrected chi connectivity index (χ2v) is 4.91. The third-order valence-electron chi connectivity index (χ3n) is 2.55. The van der Waals surface area contributed by atoms with Gasteiger partial charge in [0.1, 0.15) is 6.61 Å². The molecule has 0 saturated carbocycles. The van der Waals surface area contributed by atoms with E-state index < -0.39 is 0 Å². The molecule has 0 aliphatic rings. The highest BCUT2D eigenvalue weighted by Crippen LogP contribution is 2.34. The lowest BCUT2D eigenvalue weighted by molar-refractivity contribution is 0.143. The Hall–Kier alpha value is -0.970. The van der Waals surface area contributed by atoms with Crippen molar-refractivity contribution in [1.82, 2.24) is 5.32 Å². The summed E-state index contributed by atoms with van der Waals surface area (Å²) in [5.41, 5.74) is 0.981. The summed E-state index contributed by atoms with van der Waals surface area (Å²) in [7, 11) is 3.25. The van der Waals surface area contributed by atoms with E-state index in [1.165, 1.54) is 0 Å². The first kappa shape index (κ1) is 16.1. The zero-order chi connectivity index (χ0) is 14.3. The quantitative estimate of drug-likeness (QED) is 0.747. The number of ether oxygens (including phenoxy) is 3. The molecule has 0 aliphatic carbocycles. The molecular weight excluding hydrogens is 266 g/mol. The Kier molecular flexibility index (Phi) is 6.99.